The van der Waals surface area contributed by atoms with E-state index in [1.807, 2.05) is 0 Å². The zero-order valence-electron chi connectivity index (χ0n) is 8.47. The summed E-state index contributed by atoms with van der Waals surface area (Å²) in [6, 6.07) is 0. The smallest absolute Gasteiger partial charge is 0.105 e. The van der Waals surface area contributed by atoms with Gasteiger partial charge in [-0.15, -0.1) is 0 Å². The zero-order chi connectivity index (χ0) is 9.26. The van der Waals surface area contributed by atoms with E-state index in [9.17, 15) is 0 Å². The van der Waals surface area contributed by atoms with E-state index < -0.39 is 0 Å². The summed E-state index contributed by atoms with van der Waals surface area (Å²) in [4.78, 5) is 0. The van der Waals surface area contributed by atoms with Crippen LogP contribution < -0.4 is 0 Å². The second-order valence-corrected chi connectivity index (χ2v) is 4.12. The Bertz CT molecular complexity index is 258. The van der Waals surface area contributed by atoms with Gasteiger partial charge in [0, 0.05) is 0 Å². The average molecular weight is 177 g/mol. The summed E-state index contributed by atoms with van der Waals surface area (Å²) in [5.74, 6) is 1.07. The standard InChI is InChI=1S/C12H17O/c1-9(2)13-12-7-10-5-3-4-6-11(10)8-12/h7-9H,3-6H2,1-2H3. The van der Waals surface area contributed by atoms with Crippen molar-refractivity contribution in [1.29, 1.82) is 0 Å². The molecule has 2 rings (SSSR count). The largest absolute Gasteiger partial charge is 0.495 e. The Balaban J connectivity index is 2.00. The SMILES string of the molecule is CC(C)OC1=CC2=C([CH]1)CCCC2. The number of allylic oxidation sites excluding steroid dienone is 3. The summed E-state index contributed by atoms with van der Waals surface area (Å²) >= 11 is 0. The Labute approximate surface area is 80.5 Å². The van der Waals surface area contributed by atoms with Crippen molar-refractivity contribution in [2.75, 3.05) is 0 Å². The lowest BCUT2D eigenvalue weighted by Gasteiger charge is -2.12. The summed E-state index contributed by atoms with van der Waals surface area (Å²) in [5.41, 5.74) is 3.03. The van der Waals surface area contributed by atoms with Gasteiger partial charge in [0.15, 0.2) is 0 Å². The molecule has 13 heavy (non-hydrogen) atoms. The van der Waals surface area contributed by atoms with Crippen molar-refractivity contribution in [3.8, 4) is 0 Å². The van der Waals surface area contributed by atoms with Crippen molar-refractivity contribution in [1.82, 2.24) is 0 Å². The lowest BCUT2D eigenvalue weighted by Crippen LogP contribution is -2.01. The topological polar surface area (TPSA) is 9.23 Å². The maximum atomic E-state index is 5.67. The molecular weight excluding hydrogens is 160 g/mol. The first kappa shape index (κ1) is 8.86. The van der Waals surface area contributed by atoms with E-state index in [0.717, 1.165) is 5.76 Å². The Morgan fingerprint density at radius 1 is 1.15 bits per heavy atom. The van der Waals surface area contributed by atoms with Gasteiger partial charge in [-0.1, -0.05) is 5.57 Å². The van der Waals surface area contributed by atoms with Gasteiger partial charge in [-0.3, -0.25) is 0 Å². The van der Waals surface area contributed by atoms with Crippen molar-refractivity contribution < 1.29 is 4.74 Å². The minimum atomic E-state index is 0.295. The highest BCUT2D eigenvalue weighted by molar-refractivity contribution is 5.46. The maximum absolute atomic E-state index is 5.67. The predicted molar refractivity (Wildman–Crippen MR) is 54.1 cm³/mol. The molecule has 0 spiro atoms. The Morgan fingerprint density at radius 3 is 2.46 bits per heavy atom. The average Bonchev–Trinajstić information content (AvgIpc) is 2.44. The minimum Gasteiger partial charge on any atom is -0.495 e. The van der Waals surface area contributed by atoms with Gasteiger partial charge >= 0.3 is 0 Å². The van der Waals surface area contributed by atoms with E-state index >= 15 is 0 Å². The quantitative estimate of drug-likeness (QED) is 0.628. The fraction of sp³-hybridized carbons (Fsp3) is 0.583. The highest BCUT2D eigenvalue weighted by Crippen LogP contribution is 2.35. The molecule has 1 nitrogen and oxygen atoms in total. The first-order valence-electron chi connectivity index (χ1n) is 5.21. The highest BCUT2D eigenvalue weighted by Gasteiger charge is 2.20. The number of hydrogen-bond donors (Lipinski definition) is 0. The molecular formula is C12H17O. The molecule has 1 radical (unpaired) electrons. The first-order chi connectivity index (χ1) is 6.25. The van der Waals surface area contributed by atoms with Gasteiger partial charge in [0.25, 0.3) is 0 Å². The molecule has 0 saturated heterocycles. The summed E-state index contributed by atoms with van der Waals surface area (Å²) in [6.45, 7) is 4.15. The lowest BCUT2D eigenvalue weighted by atomic mass is 9.94. The van der Waals surface area contributed by atoms with Gasteiger partial charge in [0.2, 0.25) is 0 Å². The molecule has 0 atom stereocenters. The molecule has 0 amide bonds. The first-order valence-corrected chi connectivity index (χ1v) is 5.21. The highest BCUT2D eigenvalue weighted by atomic mass is 16.5. The van der Waals surface area contributed by atoms with Crippen molar-refractivity contribution in [2.24, 2.45) is 0 Å². The molecule has 2 aliphatic carbocycles. The molecule has 0 aromatic carbocycles. The van der Waals surface area contributed by atoms with Crippen LogP contribution in [0.25, 0.3) is 0 Å². The fourth-order valence-corrected chi connectivity index (χ4v) is 2.01. The van der Waals surface area contributed by atoms with Gasteiger partial charge < -0.3 is 4.74 Å². The van der Waals surface area contributed by atoms with E-state index in [2.05, 4.69) is 26.3 Å². The van der Waals surface area contributed by atoms with Gasteiger partial charge in [-0.25, -0.2) is 0 Å². The van der Waals surface area contributed by atoms with Crippen molar-refractivity contribution in [3.05, 3.63) is 29.4 Å². The van der Waals surface area contributed by atoms with Gasteiger partial charge in [-0.05, 0) is 51.2 Å². The molecule has 0 saturated carbocycles. The molecule has 0 N–H and O–H groups in total. The van der Waals surface area contributed by atoms with Crippen LogP contribution in [-0.2, 0) is 4.74 Å². The molecule has 71 valence electrons. The van der Waals surface area contributed by atoms with Gasteiger partial charge in [-0.2, -0.15) is 0 Å². The van der Waals surface area contributed by atoms with Gasteiger partial charge in [0.1, 0.15) is 5.76 Å². The van der Waals surface area contributed by atoms with Crippen molar-refractivity contribution in [3.63, 3.8) is 0 Å². The second-order valence-electron chi connectivity index (χ2n) is 4.12. The van der Waals surface area contributed by atoms with Gasteiger partial charge in [0.05, 0.1) is 12.5 Å². The van der Waals surface area contributed by atoms with E-state index in [1.54, 1.807) is 0 Å². The second kappa shape index (κ2) is 3.57. The minimum absolute atomic E-state index is 0.295. The Morgan fingerprint density at radius 2 is 1.85 bits per heavy atom. The molecule has 0 aliphatic heterocycles. The number of rotatable bonds is 2. The van der Waals surface area contributed by atoms with E-state index in [1.165, 1.54) is 36.8 Å². The molecule has 0 fully saturated rings. The third kappa shape index (κ3) is 1.96. The van der Waals surface area contributed by atoms with Crippen LogP contribution >= 0.6 is 0 Å². The molecule has 1 heteroatoms. The zero-order valence-corrected chi connectivity index (χ0v) is 8.47. The molecule has 2 aliphatic rings. The summed E-state index contributed by atoms with van der Waals surface area (Å²) < 4.78 is 5.67. The summed E-state index contributed by atoms with van der Waals surface area (Å²) in [7, 11) is 0. The molecule has 0 aromatic rings. The maximum Gasteiger partial charge on any atom is 0.105 e. The van der Waals surface area contributed by atoms with Crippen LogP contribution in [0.3, 0.4) is 0 Å². The Kier molecular flexibility index (Phi) is 2.43. The van der Waals surface area contributed by atoms with Crippen LogP contribution in [0, 0.1) is 6.42 Å². The van der Waals surface area contributed by atoms with E-state index in [-0.39, 0.29) is 0 Å². The number of ether oxygens (including phenoxy) is 1. The monoisotopic (exact) mass is 177 g/mol. The van der Waals surface area contributed by atoms with Crippen LogP contribution in [0.4, 0.5) is 0 Å². The third-order valence-electron chi connectivity index (χ3n) is 2.56. The molecule has 0 aromatic heterocycles. The molecule has 0 heterocycles. The van der Waals surface area contributed by atoms with E-state index in [0.29, 0.717) is 6.10 Å². The van der Waals surface area contributed by atoms with Crippen LogP contribution in [0.5, 0.6) is 0 Å². The molecule has 0 bridgehead atoms. The van der Waals surface area contributed by atoms with Crippen molar-refractivity contribution >= 4 is 0 Å². The van der Waals surface area contributed by atoms with Crippen LogP contribution in [0.15, 0.2) is 23.0 Å². The number of hydrogen-bond acceptors (Lipinski definition) is 1. The van der Waals surface area contributed by atoms with E-state index in [4.69, 9.17) is 4.74 Å². The van der Waals surface area contributed by atoms with Crippen LogP contribution in [-0.4, -0.2) is 6.10 Å². The lowest BCUT2D eigenvalue weighted by molar-refractivity contribution is 0.154. The normalized spacial score (nSPS) is 21.9. The van der Waals surface area contributed by atoms with Crippen LogP contribution in [0.2, 0.25) is 0 Å². The molecule has 0 unspecified atom stereocenters. The van der Waals surface area contributed by atoms with Crippen LogP contribution in [0.1, 0.15) is 39.5 Å². The predicted octanol–water partition coefficient (Wildman–Crippen LogP) is 3.38. The summed E-state index contributed by atoms with van der Waals surface area (Å²) in [6.07, 6.45) is 9.91. The summed E-state index contributed by atoms with van der Waals surface area (Å²) in [5, 5.41) is 0. The van der Waals surface area contributed by atoms with Crippen molar-refractivity contribution in [2.45, 2.75) is 45.6 Å². The fourth-order valence-electron chi connectivity index (χ4n) is 2.01. The third-order valence-corrected chi connectivity index (χ3v) is 2.56. The Hall–Kier alpha value is -0.720.